The van der Waals surface area contributed by atoms with E-state index in [2.05, 4.69) is 30.4 Å². The van der Waals surface area contributed by atoms with Crippen molar-refractivity contribution in [2.24, 2.45) is 0 Å². The zero-order chi connectivity index (χ0) is 27.3. The molecule has 0 bridgehead atoms. The van der Waals surface area contributed by atoms with Crippen molar-refractivity contribution in [3.63, 3.8) is 0 Å². The minimum Gasteiger partial charge on any atom is -0.495 e. The number of carbonyl (C=O) groups is 2. The highest BCUT2D eigenvalue weighted by Gasteiger charge is 2.29. The maximum atomic E-state index is 13.0. The number of nitrogens with zero attached hydrogens (tertiary/aromatic N) is 5. The summed E-state index contributed by atoms with van der Waals surface area (Å²) in [5.41, 5.74) is 1.78. The van der Waals surface area contributed by atoms with E-state index >= 15 is 0 Å². The van der Waals surface area contributed by atoms with Gasteiger partial charge in [0, 0.05) is 37.6 Å². The standard InChI is InChI=1S/C27H28ClN7O3/c1-27(2,17-36)35-13-11-34(12-14-35)20-9-7-19(8-10-20)31-26-30-16-21(28)24(33-26)25(37)32-23-18(15-29)5-4-6-22(23)38-3/h4-10,16-17H,11-14H2,1-3H3,(H,32,37)(H,30,31,33). The van der Waals surface area contributed by atoms with Crippen LogP contribution in [0.3, 0.4) is 0 Å². The van der Waals surface area contributed by atoms with E-state index in [9.17, 15) is 14.9 Å². The van der Waals surface area contributed by atoms with Crippen LogP contribution in [0.15, 0.2) is 48.7 Å². The van der Waals surface area contributed by atoms with Gasteiger partial charge in [0.1, 0.15) is 23.8 Å². The molecule has 11 heteroatoms. The van der Waals surface area contributed by atoms with E-state index in [1.54, 1.807) is 18.2 Å². The molecule has 1 saturated heterocycles. The molecule has 1 aromatic heterocycles. The van der Waals surface area contributed by atoms with Crippen molar-refractivity contribution in [2.75, 3.05) is 48.8 Å². The minimum absolute atomic E-state index is 0.0494. The number of anilines is 4. The Morgan fingerprint density at radius 2 is 1.87 bits per heavy atom. The van der Waals surface area contributed by atoms with Crippen molar-refractivity contribution in [1.29, 1.82) is 5.26 Å². The number of methoxy groups -OCH3 is 1. The molecule has 0 radical (unpaired) electrons. The Labute approximate surface area is 226 Å². The van der Waals surface area contributed by atoms with E-state index in [0.717, 1.165) is 43.8 Å². The van der Waals surface area contributed by atoms with Gasteiger partial charge >= 0.3 is 0 Å². The average molecular weight is 534 g/mol. The summed E-state index contributed by atoms with van der Waals surface area (Å²) in [7, 11) is 1.45. The highest BCUT2D eigenvalue weighted by Crippen LogP contribution is 2.29. The first-order valence-electron chi connectivity index (χ1n) is 12.0. The summed E-state index contributed by atoms with van der Waals surface area (Å²) in [5.74, 6) is -0.0684. The number of piperazine rings is 1. The van der Waals surface area contributed by atoms with Crippen LogP contribution >= 0.6 is 11.6 Å². The molecule has 196 valence electrons. The van der Waals surface area contributed by atoms with Gasteiger partial charge in [-0.2, -0.15) is 5.26 Å². The smallest absolute Gasteiger partial charge is 0.276 e. The number of benzene rings is 2. The van der Waals surface area contributed by atoms with Crippen LogP contribution in [0.25, 0.3) is 0 Å². The molecule has 1 aliphatic heterocycles. The van der Waals surface area contributed by atoms with E-state index in [4.69, 9.17) is 16.3 Å². The number of carbonyl (C=O) groups excluding carboxylic acids is 2. The molecule has 0 unspecified atom stereocenters. The van der Waals surface area contributed by atoms with Crippen LogP contribution < -0.4 is 20.3 Å². The van der Waals surface area contributed by atoms with E-state index in [-0.39, 0.29) is 27.9 Å². The zero-order valence-electron chi connectivity index (χ0n) is 21.4. The number of aldehydes is 1. The first kappa shape index (κ1) is 26.9. The first-order chi connectivity index (χ1) is 18.2. The maximum Gasteiger partial charge on any atom is 0.276 e. The lowest BCUT2D eigenvalue weighted by Crippen LogP contribution is -2.55. The highest BCUT2D eigenvalue weighted by atomic mass is 35.5. The van der Waals surface area contributed by atoms with Crippen LogP contribution in [0.2, 0.25) is 5.02 Å². The fourth-order valence-corrected chi connectivity index (χ4v) is 4.36. The molecule has 2 aromatic carbocycles. The molecule has 3 aromatic rings. The van der Waals surface area contributed by atoms with E-state index < -0.39 is 11.4 Å². The summed E-state index contributed by atoms with van der Waals surface area (Å²) in [4.78, 5) is 37.3. The molecule has 1 aliphatic rings. The van der Waals surface area contributed by atoms with E-state index in [1.165, 1.54) is 13.3 Å². The Bertz CT molecular complexity index is 1360. The van der Waals surface area contributed by atoms with Crippen molar-refractivity contribution in [1.82, 2.24) is 14.9 Å². The van der Waals surface area contributed by atoms with Crippen molar-refractivity contribution in [3.05, 3.63) is 64.9 Å². The molecule has 0 aliphatic carbocycles. The number of para-hydroxylation sites is 1. The lowest BCUT2D eigenvalue weighted by molar-refractivity contribution is -0.117. The largest absolute Gasteiger partial charge is 0.495 e. The molecule has 2 heterocycles. The normalized spacial score (nSPS) is 13.9. The molecule has 1 amide bonds. The highest BCUT2D eigenvalue weighted by molar-refractivity contribution is 6.34. The fraction of sp³-hybridized carbons (Fsp3) is 0.296. The van der Waals surface area contributed by atoms with Gasteiger partial charge in [0.25, 0.3) is 5.91 Å². The first-order valence-corrected chi connectivity index (χ1v) is 12.4. The molecular weight excluding hydrogens is 506 g/mol. The fourth-order valence-electron chi connectivity index (χ4n) is 4.18. The van der Waals surface area contributed by atoms with Crippen molar-refractivity contribution < 1.29 is 14.3 Å². The predicted molar refractivity (Wildman–Crippen MR) is 146 cm³/mol. The molecular formula is C27H28ClN7O3. The summed E-state index contributed by atoms with van der Waals surface area (Å²) in [5, 5.41) is 15.2. The zero-order valence-corrected chi connectivity index (χ0v) is 22.1. The number of hydrogen-bond acceptors (Lipinski definition) is 9. The number of ether oxygens (including phenoxy) is 1. The third-order valence-corrected chi connectivity index (χ3v) is 6.71. The maximum absolute atomic E-state index is 13.0. The Hall–Kier alpha value is -4.20. The van der Waals surface area contributed by atoms with Gasteiger partial charge < -0.3 is 25.1 Å². The van der Waals surface area contributed by atoms with Gasteiger partial charge in [-0.05, 0) is 50.2 Å². The topological polar surface area (TPSA) is 123 Å². The SMILES string of the molecule is COc1cccc(C#N)c1NC(=O)c1nc(Nc2ccc(N3CCN(C(C)(C)C=O)CC3)cc2)ncc1Cl. The van der Waals surface area contributed by atoms with Crippen molar-refractivity contribution in [3.8, 4) is 11.8 Å². The van der Waals surface area contributed by atoms with E-state index in [0.29, 0.717) is 5.75 Å². The number of halogens is 1. The van der Waals surface area contributed by atoms with Gasteiger partial charge in [0.15, 0.2) is 5.69 Å². The number of hydrogen-bond donors (Lipinski definition) is 2. The van der Waals surface area contributed by atoms with Crippen LogP contribution in [0.1, 0.15) is 29.9 Å². The monoisotopic (exact) mass is 533 g/mol. The summed E-state index contributed by atoms with van der Waals surface area (Å²) in [6.07, 6.45) is 2.34. The van der Waals surface area contributed by atoms with Crippen LogP contribution in [0, 0.1) is 11.3 Å². The second-order valence-electron chi connectivity index (χ2n) is 9.26. The molecule has 0 spiro atoms. The Kier molecular flexibility index (Phi) is 8.10. The number of rotatable bonds is 8. The van der Waals surface area contributed by atoms with Crippen molar-refractivity contribution >= 4 is 46.8 Å². The quantitative estimate of drug-likeness (QED) is 0.412. The van der Waals surface area contributed by atoms with E-state index in [1.807, 2.05) is 44.2 Å². The third-order valence-electron chi connectivity index (χ3n) is 6.44. The number of aromatic nitrogens is 2. The Morgan fingerprint density at radius 1 is 1.16 bits per heavy atom. The van der Waals surface area contributed by atoms with Gasteiger partial charge in [-0.3, -0.25) is 9.69 Å². The Balaban J connectivity index is 1.44. The van der Waals surface area contributed by atoms with Crippen LogP contribution in [0.5, 0.6) is 5.75 Å². The Morgan fingerprint density at radius 3 is 2.50 bits per heavy atom. The molecule has 2 N–H and O–H groups in total. The summed E-state index contributed by atoms with van der Waals surface area (Å²) < 4.78 is 5.27. The molecule has 38 heavy (non-hydrogen) atoms. The molecule has 4 rings (SSSR count). The van der Waals surface area contributed by atoms with Gasteiger partial charge in [0.05, 0.1) is 29.4 Å². The second kappa shape index (κ2) is 11.5. The lowest BCUT2D eigenvalue weighted by Gasteiger charge is -2.42. The number of nitriles is 1. The van der Waals surface area contributed by atoms with Gasteiger partial charge in [0.2, 0.25) is 5.95 Å². The lowest BCUT2D eigenvalue weighted by atomic mass is 10.0. The molecule has 1 fully saturated rings. The van der Waals surface area contributed by atoms with Gasteiger partial charge in [-0.15, -0.1) is 0 Å². The van der Waals surface area contributed by atoms with Crippen LogP contribution in [-0.4, -0.2) is 65.9 Å². The van der Waals surface area contributed by atoms with Gasteiger partial charge in [-0.25, -0.2) is 9.97 Å². The summed E-state index contributed by atoms with van der Waals surface area (Å²) in [6.45, 7) is 7.13. The average Bonchev–Trinajstić information content (AvgIpc) is 2.94. The third kappa shape index (κ3) is 5.85. The van der Waals surface area contributed by atoms with Crippen LogP contribution in [0.4, 0.5) is 23.0 Å². The van der Waals surface area contributed by atoms with Crippen LogP contribution in [-0.2, 0) is 4.79 Å². The molecule has 10 nitrogen and oxygen atoms in total. The summed E-state index contributed by atoms with van der Waals surface area (Å²) >= 11 is 6.22. The molecule has 0 atom stereocenters. The second-order valence-corrected chi connectivity index (χ2v) is 9.66. The van der Waals surface area contributed by atoms with Gasteiger partial charge in [-0.1, -0.05) is 17.7 Å². The van der Waals surface area contributed by atoms with Crippen molar-refractivity contribution in [2.45, 2.75) is 19.4 Å². The predicted octanol–water partition coefficient (Wildman–Crippen LogP) is 4.11. The number of amides is 1. The summed E-state index contributed by atoms with van der Waals surface area (Å²) in [6, 6.07) is 14.7. The number of nitrogens with one attached hydrogen (secondary N) is 2. The minimum atomic E-state index is -0.603. The molecule has 0 saturated carbocycles.